The third-order valence-corrected chi connectivity index (χ3v) is 6.76. The van der Waals surface area contributed by atoms with Gasteiger partial charge in [-0.2, -0.15) is 9.97 Å². The molecular weight excluding hydrogens is 602 g/mol. The SMILES string of the molecule is C#CCC(Cc1cnc2nc(N)nc(N)c2n1)c1ccc(C(=O)N[C@@H](CCC(=O)O)C(=O)O)cc1.S=c1nc[nH]c2nc[nH]c12. The van der Waals surface area contributed by atoms with Crippen molar-refractivity contribution in [2.24, 2.45) is 0 Å². The van der Waals surface area contributed by atoms with Gasteiger partial charge in [0.05, 0.1) is 24.5 Å². The number of carboxylic acids is 2. The highest BCUT2D eigenvalue weighted by molar-refractivity contribution is 7.71. The Bertz CT molecular complexity index is 1950. The maximum atomic E-state index is 12.5. The molecule has 0 spiro atoms. The number of carbonyl (C=O) groups excluding carboxylic acids is 1. The van der Waals surface area contributed by atoms with Gasteiger partial charge in [-0.3, -0.25) is 9.59 Å². The number of nitrogens with one attached hydrogen (secondary N) is 3. The fraction of sp³-hybridized carbons (Fsp3) is 0.214. The van der Waals surface area contributed by atoms with E-state index in [4.69, 9.17) is 35.2 Å². The first-order valence-corrected chi connectivity index (χ1v) is 13.7. The van der Waals surface area contributed by atoms with Gasteiger partial charge in [-0.15, -0.1) is 12.3 Å². The van der Waals surface area contributed by atoms with Crippen LogP contribution in [-0.4, -0.2) is 74.0 Å². The van der Waals surface area contributed by atoms with Gasteiger partial charge in [0.15, 0.2) is 27.3 Å². The lowest BCUT2D eigenvalue weighted by Crippen LogP contribution is -2.41. The highest BCUT2D eigenvalue weighted by Gasteiger charge is 2.22. The maximum Gasteiger partial charge on any atom is 0.326 e. The monoisotopic (exact) mass is 629 g/mol. The summed E-state index contributed by atoms with van der Waals surface area (Å²) in [5.41, 5.74) is 15.3. The molecule has 0 radical (unpaired) electrons. The number of fused-ring (bicyclic) bond motifs is 2. The number of nitrogen functional groups attached to an aromatic ring is 2. The van der Waals surface area contributed by atoms with E-state index in [9.17, 15) is 19.5 Å². The van der Waals surface area contributed by atoms with Gasteiger partial charge in [-0.25, -0.2) is 24.7 Å². The van der Waals surface area contributed by atoms with Crippen molar-refractivity contribution in [3.63, 3.8) is 0 Å². The summed E-state index contributed by atoms with van der Waals surface area (Å²) in [6.07, 6.45) is 10.4. The Morgan fingerprint density at radius 3 is 2.42 bits per heavy atom. The van der Waals surface area contributed by atoms with Crippen molar-refractivity contribution >= 4 is 64.2 Å². The lowest BCUT2D eigenvalue weighted by molar-refractivity contribution is -0.140. The third-order valence-electron chi connectivity index (χ3n) is 6.45. The Morgan fingerprint density at radius 1 is 1.02 bits per heavy atom. The van der Waals surface area contributed by atoms with Crippen molar-refractivity contribution in [1.82, 2.24) is 45.2 Å². The fourth-order valence-electron chi connectivity index (χ4n) is 4.24. The van der Waals surface area contributed by atoms with Crippen molar-refractivity contribution in [3.8, 4) is 12.3 Å². The van der Waals surface area contributed by atoms with Crippen LogP contribution in [-0.2, 0) is 16.0 Å². The van der Waals surface area contributed by atoms with Crippen LogP contribution < -0.4 is 16.8 Å². The van der Waals surface area contributed by atoms with Crippen LogP contribution >= 0.6 is 12.2 Å². The first kappa shape index (κ1) is 31.9. The van der Waals surface area contributed by atoms with Gasteiger partial charge in [0.2, 0.25) is 5.95 Å². The largest absolute Gasteiger partial charge is 0.481 e. The lowest BCUT2D eigenvalue weighted by atomic mass is 9.91. The van der Waals surface area contributed by atoms with Crippen LogP contribution in [0.25, 0.3) is 22.3 Å². The minimum Gasteiger partial charge on any atom is -0.481 e. The quantitative estimate of drug-likeness (QED) is 0.0860. The van der Waals surface area contributed by atoms with E-state index in [1.807, 2.05) is 0 Å². The molecule has 0 fully saturated rings. The van der Waals surface area contributed by atoms with Crippen LogP contribution in [0.15, 0.2) is 43.1 Å². The Labute approximate surface area is 259 Å². The summed E-state index contributed by atoms with van der Waals surface area (Å²) in [5.74, 6) is -0.479. The smallest absolute Gasteiger partial charge is 0.326 e. The van der Waals surface area contributed by atoms with Gasteiger partial charge in [-0.05, 0) is 30.5 Å². The molecule has 1 aromatic carbocycles. The van der Waals surface area contributed by atoms with E-state index in [1.54, 1.807) is 36.8 Å². The van der Waals surface area contributed by atoms with E-state index in [-0.39, 0.29) is 41.7 Å². The highest BCUT2D eigenvalue weighted by atomic mass is 32.1. The minimum atomic E-state index is -1.31. The molecule has 17 heteroatoms. The summed E-state index contributed by atoms with van der Waals surface area (Å²) in [7, 11) is 0. The zero-order chi connectivity index (χ0) is 32.5. The Balaban J connectivity index is 0.000000385. The number of nitrogens with two attached hydrogens (primary N) is 2. The summed E-state index contributed by atoms with van der Waals surface area (Å²) in [5, 5.41) is 20.3. The van der Waals surface area contributed by atoms with E-state index >= 15 is 0 Å². The van der Waals surface area contributed by atoms with Crippen molar-refractivity contribution < 1.29 is 24.6 Å². The average molecular weight is 630 g/mol. The molecule has 1 unspecified atom stereocenters. The molecule has 230 valence electrons. The number of aromatic nitrogens is 8. The average Bonchev–Trinajstić information content (AvgIpc) is 3.50. The number of benzene rings is 1. The fourth-order valence-corrected chi connectivity index (χ4v) is 4.45. The van der Waals surface area contributed by atoms with Crippen LogP contribution in [0.3, 0.4) is 0 Å². The zero-order valence-electron chi connectivity index (χ0n) is 23.5. The Kier molecular flexibility index (Phi) is 10.2. The molecule has 4 heterocycles. The van der Waals surface area contributed by atoms with E-state index in [1.165, 1.54) is 6.33 Å². The molecule has 45 heavy (non-hydrogen) atoms. The van der Waals surface area contributed by atoms with Crippen LogP contribution in [0.1, 0.15) is 46.8 Å². The molecule has 0 bridgehead atoms. The van der Waals surface area contributed by atoms with Crippen LogP contribution in [0.5, 0.6) is 0 Å². The zero-order valence-corrected chi connectivity index (χ0v) is 24.3. The number of nitrogens with zero attached hydrogens (tertiary/aromatic N) is 6. The summed E-state index contributed by atoms with van der Waals surface area (Å²) in [4.78, 5) is 64.7. The molecule has 1 amide bonds. The van der Waals surface area contributed by atoms with Crippen LogP contribution in [0.2, 0.25) is 0 Å². The summed E-state index contributed by atoms with van der Waals surface area (Å²) < 4.78 is 0.547. The number of aromatic amines is 2. The summed E-state index contributed by atoms with van der Waals surface area (Å²) in [6, 6.07) is 5.22. The minimum absolute atomic E-state index is 0.00273. The number of H-pyrrole nitrogens is 2. The first-order valence-electron chi connectivity index (χ1n) is 13.3. The molecule has 2 atom stereocenters. The summed E-state index contributed by atoms with van der Waals surface area (Å²) >= 11 is 4.91. The number of hydrogen-bond donors (Lipinski definition) is 7. The van der Waals surface area contributed by atoms with E-state index in [0.717, 1.165) is 16.7 Å². The normalized spacial score (nSPS) is 12.0. The number of rotatable bonds is 10. The molecule has 16 nitrogen and oxygen atoms in total. The van der Waals surface area contributed by atoms with Crippen molar-refractivity contribution in [2.45, 2.75) is 37.6 Å². The van der Waals surface area contributed by atoms with E-state index in [2.05, 4.69) is 51.1 Å². The number of carbonyl (C=O) groups is 3. The first-order chi connectivity index (χ1) is 21.5. The number of carboxylic acid groups (broad SMARTS) is 2. The summed E-state index contributed by atoms with van der Waals surface area (Å²) in [6.45, 7) is 0. The standard InChI is InChI=1S/C23H23N7O5.C5H4N4S/c1-2-3-14(10-15-11-26-20-18(27-15)19(24)29-23(25)30-20)12-4-6-13(7-5-12)21(33)28-16(22(34)35)8-9-17(31)32;10-5-3-4(7-1-6-3)8-2-9-5/h1,4-7,11,14,16H,3,8-10H2,(H,28,33)(H,31,32)(H,34,35)(H4,24,25,26,29,30);1-2H,(H2,6,7,8,9,10)/t14?,16-;/m0./s1. The second-order valence-electron chi connectivity index (χ2n) is 9.56. The van der Waals surface area contributed by atoms with Crippen LogP contribution in [0.4, 0.5) is 11.8 Å². The highest BCUT2D eigenvalue weighted by Crippen LogP contribution is 2.25. The van der Waals surface area contributed by atoms with Gasteiger partial charge < -0.3 is 37.0 Å². The second kappa shape index (κ2) is 14.4. The molecule has 0 aliphatic heterocycles. The molecule has 5 aromatic rings. The Hall–Kier alpha value is -6.02. The predicted molar refractivity (Wildman–Crippen MR) is 165 cm³/mol. The number of hydrogen-bond acceptors (Lipinski definition) is 12. The van der Waals surface area contributed by atoms with E-state index < -0.39 is 23.9 Å². The van der Waals surface area contributed by atoms with Gasteiger partial charge >= 0.3 is 11.9 Å². The number of terminal acetylenes is 1. The number of anilines is 2. The van der Waals surface area contributed by atoms with Gasteiger partial charge in [0.1, 0.15) is 11.6 Å². The molecule has 5 rings (SSSR count). The molecule has 0 saturated heterocycles. The number of aliphatic carboxylic acids is 2. The molecule has 0 saturated carbocycles. The topological polar surface area (TPSA) is 265 Å². The molecular formula is C28H27N11O5S. The Morgan fingerprint density at radius 2 is 1.76 bits per heavy atom. The molecule has 0 aliphatic carbocycles. The lowest BCUT2D eigenvalue weighted by Gasteiger charge is -2.16. The van der Waals surface area contributed by atoms with Crippen molar-refractivity contribution in [1.29, 1.82) is 0 Å². The number of amides is 1. The molecule has 9 N–H and O–H groups in total. The van der Waals surface area contributed by atoms with Gasteiger partial charge in [-0.1, -0.05) is 24.4 Å². The van der Waals surface area contributed by atoms with Crippen molar-refractivity contribution in [2.75, 3.05) is 11.5 Å². The van der Waals surface area contributed by atoms with E-state index in [0.29, 0.717) is 28.7 Å². The molecule has 4 aromatic heterocycles. The maximum absolute atomic E-state index is 12.5. The molecule has 0 aliphatic rings. The van der Waals surface area contributed by atoms with Gasteiger partial charge in [0.25, 0.3) is 5.91 Å². The van der Waals surface area contributed by atoms with Crippen molar-refractivity contribution in [3.05, 3.63) is 64.6 Å². The van der Waals surface area contributed by atoms with Gasteiger partial charge in [0, 0.05) is 24.3 Å². The van der Waals surface area contributed by atoms with Crippen LogP contribution in [0, 0.1) is 17.0 Å². The third kappa shape index (κ3) is 8.30. The second-order valence-corrected chi connectivity index (χ2v) is 9.95. The predicted octanol–water partition coefficient (Wildman–Crippen LogP) is 2.00. The number of imidazole rings is 1.